The Morgan fingerprint density at radius 3 is 2.43 bits per heavy atom. The van der Waals surface area contributed by atoms with E-state index in [1.165, 1.54) is 18.5 Å². The third kappa shape index (κ3) is 4.58. The van der Waals surface area contributed by atoms with Crippen LogP contribution in [0.3, 0.4) is 0 Å². The second-order valence-corrected chi connectivity index (χ2v) is 7.59. The zero-order chi connectivity index (χ0) is 21.0. The molecule has 0 radical (unpaired) electrons. The minimum atomic E-state index is -0.960. The van der Waals surface area contributed by atoms with Gasteiger partial charge in [0.25, 0.3) is 0 Å². The fraction of sp³-hybridized carbons (Fsp3) is 0.304. The highest BCUT2D eigenvalue weighted by molar-refractivity contribution is 5.49. The quantitative estimate of drug-likeness (QED) is 0.581. The van der Waals surface area contributed by atoms with E-state index in [1.54, 1.807) is 12.1 Å². The third-order valence-corrected chi connectivity index (χ3v) is 5.61. The summed E-state index contributed by atoms with van der Waals surface area (Å²) in [5, 5.41) is 24.5. The number of benzene rings is 2. The molecule has 0 spiro atoms. The molecule has 3 N–H and O–H groups in total. The van der Waals surface area contributed by atoms with Gasteiger partial charge in [-0.25, -0.2) is 14.4 Å². The number of rotatable bonds is 6. The van der Waals surface area contributed by atoms with E-state index >= 15 is 0 Å². The number of hydrogen-bond acceptors (Lipinski definition) is 6. The van der Waals surface area contributed by atoms with Gasteiger partial charge in [-0.05, 0) is 36.1 Å². The van der Waals surface area contributed by atoms with Gasteiger partial charge in [0.2, 0.25) is 0 Å². The van der Waals surface area contributed by atoms with Crippen LogP contribution in [0, 0.1) is 5.82 Å². The number of aliphatic hydroxyl groups excluding tert-OH is 1. The van der Waals surface area contributed by atoms with Crippen LogP contribution in [0.15, 0.2) is 67.0 Å². The lowest BCUT2D eigenvalue weighted by atomic mass is 9.84. The normalized spacial score (nSPS) is 16.8. The summed E-state index contributed by atoms with van der Waals surface area (Å²) in [5.74, 6) is 1.09. The van der Waals surface area contributed by atoms with Gasteiger partial charge < -0.3 is 20.4 Å². The Hall–Kier alpha value is -3.03. The van der Waals surface area contributed by atoms with Crippen molar-refractivity contribution < 1.29 is 14.6 Å². The van der Waals surface area contributed by atoms with Crippen molar-refractivity contribution in [2.45, 2.75) is 24.5 Å². The van der Waals surface area contributed by atoms with Crippen molar-refractivity contribution in [2.75, 3.05) is 29.9 Å². The van der Waals surface area contributed by atoms with E-state index in [-0.39, 0.29) is 5.82 Å². The summed E-state index contributed by atoms with van der Waals surface area (Å²) in [6.07, 6.45) is 1.91. The average Bonchev–Trinajstić information content (AvgIpc) is 2.79. The first kappa shape index (κ1) is 20.3. The highest BCUT2D eigenvalue weighted by Gasteiger charge is 2.34. The van der Waals surface area contributed by atoms with E-state index in [9.17, 15) is 14.6 Å². The molecule has 0 amide bonds. The van der Waals surface area contributed by atoms with Gasteiger partial charge in [-0.1, -0.05) is 42.5 Å². The number of anilines is 2. The lowest BCUT2D eigenvalue weighted by Gasteiger charge is -2.39. The summed E-state index contributed by atoms with van der Waals surface area (Å²) in [4.78, 5) is 10.7. The van der Waals surface area contributed by atoms with Crippen LogP contribution in [-0.2, 0) is 5.60 Å². The fourth-order valence-corrected chi connectivity index (χ4v) is 3.77. The zero-order valence-electron chi connectivity index (χ0n) is 16.6. The molecule has 0 bridgehead atoms. The Labute approximate surface area is 175 Å². The predicted molar refractivity (Wildman–Crippen MR) is 114 cm³/mol. The number of hydrogen-bond donors (Lipinski definition) is 3. The molecule has 156 valence electrons. The molecule has 3 aromatic rings. The second kappa shape index (κ2) is 8.77. The molecule has 1 aromatic heterocycles. The SMILES string of the molecule is OC(CNc1cc(N2CCC(O)(c3ccc(F)cc3)CC2)ncn1)c1ccccc1. The molecule has 0 aliphatic carbocycles. The van der Waals surface area contributed by atoms with E-state index in [0.29, 0.717) is 38.3 Å². The number of nitrogens with one attached hydrogen (secondary N) is 1. The molecule has 6 nitrogen and oxygen atoms in total. The molecule has 1 aliphatic heterocycles. The molecule has 0 saturated carbocycles. The lowest BCUT2D eigenvalue weighted by Crippen LogP contribution is -2.43. The number of nitrogens with zero attached hydrogens (tertiary/aromatic N) is 3. The maximum Gasteiger partial charge on any atom is 0.134 e. The van der Waals surface area contributed by atoms with Crippen LogP contribution in [0.25, 0.3) is 0 Å². The maximum absolute atomic E-state index is 13.2. The molecule has 4 rings (SSSR count). The van der Waals surface area contributed by atoms with E-state index in [1.807, 2.05) is 36.4 Å². The second-order valence-electron chi connectivity index (χ2n) is 7.59. The Morgan fingerprint density at radius 2 is 1.73 bits per heavy atom. The van der Waals surface area contributed by atoms with E-state index in [4.69, 9.17) is 0 Å². The van der Waals surface area contributed by atoms with Crippen molar-refractivity contribution in [1.29, 1.82) is 0 Å². The van der Waals surface area contributed by atoms with Crippen LogP contribution in [0.2, 0.25) is 0 Å². The van der Waals surface area contributed by atoms with Crippen molar-refractivity contribution in [3.8, 4) is 0 Å². The van der Waals surface area contributed by atoms with Crippen molar-refractivity contribution in [3.63, 3.8) is 0 Å². The van der Waals surface area contributed by atoms with Crippen molar-refractivity contribution in [1.82, 2.24) is 9.97 Å². The van der Waals surface area contributed by atoms with Crippen molar-refractivity contribution in [3.05, 3.63) is 83.9 Å². The van der Waals surface area contributed by atoms with Gasteiger partial charge >= 0.3 is 0 Å². The van der Waals surface area contributed by atoms with Crippen molar-refractivity contribution >= 4 is 11.6 Å². The van der Waals surface area contributed by atoms with Crippen LogP contribution in [0.5, 0.6) is 0 Å². The van der Waals surface area contributed by atoms with Crippen LogP contribution in [0.1, 0.15) is 30.1 Å². The van der Waals surface area contributed by atoms with Crippen LogP contribution in [-0.4, -0.2) is 39.8 Å². The van der Waals surface area contributed by atoms with Crippen LogP contribution >= 0.6 is 0 Å². The summed E-state index contributed by atoms with van der Waals surface area (Å²) in [7, 11) is 0. The first-order valence-electron chi connectivity index (χ1n) is 10.1. The molecule has 2 heterocycles. The highest BCUT2D eigenvalue weighted by Crippen LogP contribution is 2.34. The Kier molecular flexibility index (Phi) is 5.92. The Balaban J connectivity index is 1.37. The van der Waals surface area contributed by atoms with Gasteiger partial charge in [0.05, 0.1) is 11.7 Å². The molecular formula is C23H25FN4O2. The van der Waals surface area contributed by atoms with Gasteiger partial charge in [-0.15, -0.1) is 0 Å². The lowest BCUT2D eigenvalue weighted by molar-refractivity contribution is 0.0116. The standard InChI is InChI=1S/C23H25FN4O2/c24-19-8-6-18(7-9-19)23(30)10-12-28(13-11-23)22-14-21(26-16-27-22)25-15-20(29)17-4-2-1-3-5-17/h1-9,14,16,20,29-30H,10-13,15H2,(H,25,26,27). The van der Waals surface area contributed by atoms with Gasteiger partial charge in [0.1, 0.15) is 23.8 Å². The van der Waals surface area contributed by atoms with E-state index in [0.717, 1.165) is 16.9 Å². The first-order valence-corrected chi connectivity index (χ1v) is 10.1. The molecular weight excluding hydrogens is 383 g/mol. The fourth-order valence-electron chi connectivity index (χ4n) is 3.77. The highest BCUT2D eigenvalue weighted by atomic mass is 19.1. The summed E-state index contributed by atoms with van der Waals surface area (Å²) in [6.45, 7) is 1.58. The molecule has 2 aromatic carbocycles. The Bertz CT molecular complexity index is 960. The van der Waals surface area contributed by atoms with E-state index < -0.39 is 11.7 Å². The molecule has 1 fully saturated rings. The minimum absolute atomic E-state index is 0.307. The largest absolute Gasteiger partial charge is 0.387 e. The minimum Gasteiger partial charge on any atom is -0.387 e. The Morgan fingerprint density at radius 1 is 1.03 bits per heavy atom. The van der Waals surface area contributed by atoms with Gasteiger partial charge in [0, 0.05) is 25.7 Å². The summed E-state index contributed by atoms with van der Waals surface area (Å²) < 4.78 is 13.2. The summed E-state index contributed by atoms with van der Waals surface area (Å²) in [5.41, 5.74) is 0.622. The smallest absolute Gasteiger partial charge is 0.134 e. The molecule has 30 heavy (non-hydrogen) atoms. The molecule has 1 unspecified atom stereocenters. The molecule has 1 saturated heterocycles. The number of piperidine rings is 1. The number of halogens is 1. The number of aromatic nitrogens is 2. The molecule has 1 atom stereocenters. The zero-order valence-corrected chi connectivity index (χ0v) is 16.6. The third-order valence-electron chi connectivity index (χ3n) is 5.61. The van der Waals surface area contributed by atoms with Crippen LogP contribution < -0.4 is 10.2 Å². The first-order chi connectivity index (χ1) is 14.5. The maximum atomic E-state index is 13.2. The summed E-state index contributed by atoms with van der Waals surface area (Å²) in [6, 6.07) is 17.4. The van der Waals surface area contributed by atoms with E-state index in [2.05, 4.69) is 20.2 Å². The summed E-state index contributed by atoms with van der Waals surface area (Å²) >= 11 is 0. The molecule has 1 aliphatic rings. The van der Waals surface area contributed by atoms with Crippen LogP contribution in [0.4, 0.5) is 16.0 Å². The van der Waals surface area contributed by atoms with Gasteiger partial charge in [-0.3, -0.25) is 0 Å². The average molecular weight is 408 g/mol. The van der Waals surface area contributed by atoms with Gasteiger partial charge in [0.15, 0.2) is 0 Å². The predicted octanol–water partition coefficient (Wildman–Crippen LogP) is 3.25. The topological polar surface area (TPSA) is 81.5 Å². The monoisotopic (exact) mass is 408 g/mol. The number of aliphatic hydroxyl groups is 2. The molecule has 7 heteroatoms. The van der Waals surface area contributed by atoms with Gasteiger partial charge in [-0.2, -0.15) is 0 Å². The van der Waals surface area contributed by atoms with Crippen molar-refractivity contribution in [2.24, 2.45) is 0 Å².